The zero-order valence-electron chi connectivity index (χ0n) is 9.53. The minimum absolute atomic E-state index is 0.0708. The summed E-state index contributed by atoms with van der Waals surface area (Å²) < 4.78 is 0. The highest BCUT2D eigenvalue weighted by molar-refractivity contribution is 7.80. The van der Waals surface area contributed by atoms with Crippen molar-refractivity contribution in [2.45, 2.75) is 0 Å². The molecule has 0 unspecified atom stereocenters. The molecule has 0 aliphatic heterocycles. The molecule has 0 spiro atoms. The third-order valence-corrected chi connectivity index (χ3v) is 2.29. The van der Waals surface area contributed by atoms with Crippen LogP contribution in [0.1, 0.15) is 0 Å². The maximum atomic E-state index is 8.62. The van der Waals surface area contributed by atoms with Gasteiger partial charge in [0.1, 0.15) is 0 Å². The SMILES string of the molecule is CN(C)c1ccc(NC(=S)NCCO)cc1. The van der Waals surface area contributed by atoms with Crippen LogP contribution in [0.3, 0.4) is 0 Å². The molecule has 5 heteroatoms. The summed E-state index contributed by atoms with van der Waals surface area (Å²) in [4.78, 5) is 2.03. The second-order valence-electron chi connectivity index (χ2n) is 3.55. The van der Waals surface area contributed by atoms with E-state index < -0.39 is 0 Å². The molecule has 0 aliphatic carbocycles. The molecule has 1 aromatic carbocycles. The summed E-state index contributed by atoms with van der Waals surface area (Å²) in [5, 5.41) is 15.1. The Hall–Kier alpha value is -1.33. The first-order valence-electron chi connectivity index (χ1n) is 5.06. The molecule has 0 heterocycles. The molecule has 0 aliphatic rings. The maximum Gasteiger partial charge on any atom is 0.170 e. The molecule has 4 nitrogen and oxygen atoms in total. The van der Waals surface area contributed by atoms with Crippen LogP contribution in [-0.2, 0) is 0 Å². The molecule has 88 valence electrons. The van der Waals surface area contributed by atoms with Crippen molar-refractivity contribution < 1.29 is 5.11 Å². The summed E-state index contributed by atoms with van der Waals surface area (Å²) in [6.07, 6.45) is 0. The number of anilines is 2. The predicted molar refractivity (Wildman–Crippen MR) is 72.1 cm³/mol. The third kappa shape index (κ3) is 4.04. The number of nitrogens with one attached hydrogen (secondary N) is 2. The van der Waals surface area contributed by atoms with Crippen molar-refractivity contribution in [2.75, 3.05) is 37.5 Å². The number of thiocarbonyl (C=S) groups is 1. The normalized spacial score (nSPS) is 9.69. The lowest BCUT2D eigenvalue weighted by molar-refractivity contribution is 0.301. The van der Waals surface area contributed by atoms with Crippen LogP contribution in [0.15, 0.2) is 24.3 Å². The van der Waals surface area contributed by atoms with Crippen LogP contribution in [0.5, 0.6) is 0 Å². The largest absolute Gasteiger partial charge is 0.395 e. The minimum Gasteiger partial charge on any atom is -0.395 e. The van der Waals surface area contributed by atoms with E-state index in [1.807, 2.05) is 43.3 Å². The van der Waals surface area contributed by atoms with Crippen LogP contribution < -0.4 is 15.5 Å². The van der Waals surface area contributed by atoms with Crippen molar-refractivity contribution in [3.05, 3.63) is 24.3 Å². The van der Waals surface area contributed by atoms with Gasteiger partial charge in [0, 0.05) is 32.0 Å². The van der Waals surface area contributed by atoms with Gasteiger partial charge in [0.05, 0.1) is 6.61 Å². The van der Waals surface area contributed by atoms with E-state index >= 15 is 0 Å². The quantitative estimate of drug-likeness (QED) is 0.685. The molecule has 1 rings (SSSR count). The fourth-order valence-electron chi connectivity index (χ4n) is 1.19. The molecule has 0 bridgehead atoms. The molecule has 0 aromatic heterocycles. The van der Waals surface area contributed by atoms with Crippen molar-refractivity contribution in [2.24, 2.45) is 0 Å². The minimum atomic E-state index is 0.0708. The van der Waals surface area contributed by atoms with Gasteiger partial charge in [-0.15, -0.1) is 0 Å². The lowest BCUT2D eigenvalue weighted by atomic mass is 10.2. The molecular formula is C11H17N3OS. The fourth-order valence-corrected chi connectivity index (χ4v) is 1.41. The third-order valence-electron chi connectivity index (χ3n) is 2.04. The molecule has 0 saturated carbocycles. The molecule has 0 amide bonds. The Morgan fingerprint density at radius 1 is 1.31 bits per heavy atom. The first-order chi connectivity index (χ1) is 7.63. The van der Waals surface area contributed by atoms with Crippen LogP contribution >= 0.6 is 12.2 Å². The first-order valence-corrected chi connectivity index (χ1v) is 5.47. The molecule has 0 saturated heterocycles. The highest BCUT2D eigenvalue weighted by Gasteiger charge is 1.98. The van der Waals surface area contributed by atoms with Crippen LogP contribution in [0.2, 0.25) is 0 Å². The molecular weight excluding hydrogens is 222 g/mol. The van der Waals surface area contributed by atoms with Gasteiger partial charge < -0.3 is 20.6 Å². The Kier molecular flexibility index (Phi) is 5.01. The standard InChI is InChI=1S/C11H17N3OS/c1-14(2)10-5-3-9(4-6-10)13-11(16)12-7-8-15/h3-6,15H,7-8H2,1-2H3,(H2,12,13,16). The summed E-state index contributed by atoms with van der Waals surface area (Å²) in [6, 6.07) is 7.94. The van der Waals surface area contributed by atoms with Crippen molar-refractivity contribution in [1.29, 1.82) is 0 Å². The van der Waals surface area contributed by atoms with Gasteiger partial charge in [0.2, 0.25) is 0 Å². The average Bonchev–Trinajstić information content (AvgIpc) is 2.27. The van der Waals surface area contributed by atoms with E-state index in [9.17, 15) is 0 Å². The molecule has 1 aromatic rings. The van der Waals surface area contributed by atoms with E-state index in [1.165, 1.54) is 0 Å². The van der Waals surface area contributed by atoms with Gasteiger partial charge >= 0.3 is 0 Å². The van der Waals surface area contributed by atoms with Crippen LogP contribution in [0.4, 0.5) is 11.4 Å². The van der Waals surface area contributed by atoms with E-state index in [4.69, 9.17) is 17.3 Å². The number of hydrogen-bond acceptors (Lipinski definition) is 3. The topological polar surface area (TPSA) is 47.5 Å². The Morgan fingerprint density at radius 2 is 1.94 bits per heavy atom. The predicted octanol–water partition coefficient (Wildman–Crippen LogP) is 1.03. The van der Waals surface area contributed by atoms with Crippen LogP contribution in [0, 0.1) is 0 Å². The molecule has 0 radical (unpaired) electrons. The van der Waals surface area contributed by atoms with Crippen LogP contribution in [-0.4, -0.2) is 37.5 Å². The summed E-state index contributed by atoms with van der Waals surface area (Å²) >= 11 is 5.04. The lowest BCUT2D eigenvalue weighted by Gasteiger charge is -2.14. The Bertz CT molecular complexity index is 338. The van der Waals surface area contributed by atoms with Gasteiger partial charge in [0.15, 0.2) is 5.11 Å². The first kappa shape index (κ1) is 12.7. The van der Waals surface area contributed by atoms with Gasteiger partial charge in [-0.3, -0.25) is 0 Å². The number of aliphatic hydroxyl groups is 1. The highest BCUT2D eigenvalue weighted by atomic mass is 32.1. The molecule has 0 fully saturated rings. The zero-order chi connectivity index (χ0) is 12.0. The number of rotatable bonds is 4. The number of hydrogen-bond donors (Lipinski definition) is 3. The van der Waals surface area contributed by atoms with Gasteiger partial charge in [-0.2, -0.15) is 0 Å². The fraction of sp³-hybridized carbons (Fsp3) is 0.364. The average molecular weight is 239 g/mol. The summed E-state index contributed by atoms with van der Waals surface area (Å²) in [5.41, 5.74) is 2.07. The lowest BCUT2D eigenvalue weighted by Crippen LogP contribution is -2.30. The Balaban J connectivity index is 2.51. The maximum absolute atomic E-state index is 8.62. The van der Waals surface area contributed by atoms with Crippen molar-refractivity contribution in [3.63, 3.8) is 0 Å². The second kappa shape index (κ2) is 6.30. The Labute approximate surface area is 101 Å². The Morgan fingerprint density at radius 3 is 2.44 bits per heavy atom. The van der Waals surface area contributed by atoms with Crippen molar-refractivity contribution in [1.82, 2.24) is 5.32 Å². The summed E-state index contributed by atoms with van der Waals surface area (Å²) in [5.74, 6) is 0. The van der Waals surface area contributed by atoms with Gasteiger partial charge in [-0.05, 0) is 36.5 Å². The zero-order valence-corrected chi connectivity index (χ0v) is 10.3. The monoisotopic (exact) mass is 239 g/mol. The van der Waals surface area contributed by atoms with E-state index in [-0.39, 0.29) is 6.61 Å². The summed E-state index contributed by atoms with van der Waals surface area (Å²) in [7, 11) is 3.99. The van der Waals surface area contributed by atoms with Gasteiger partial charge in [-0.1, -0.05) is 0 Å². The molecule has 0 atom stereocenters. The van der Waals surface area contributed by atoms with Crippen molar-refractivity contribution in [3.8, 4) is 0 Å². The van der Waals surface area contributed by atoms with E-state index in [0.29, 0.717) is 11.7 Å². The smallest absolute Gasteiger partial charge is 0.170 e. The molecule has 16 heavy (non-hydrogen) atoms. The van der Waals surface area contributed by atoms with Gasteiger partial charge in [0.25, 0.3) is 0 Å². The summed E-state index contributed by atoms with van der Waals surface area (Å²) in [6.45, 7) is 0.531. The van der Waals surface area contributed by atoms with Gasteiger partial charge in [-0.25, -0.2) is 0 Å². The number of nitrogens with zero attached hydrogens (tertiary/aromatic N) is 1. The highest BCUT2D eigenvalue weighted by Crippen LogP contribution is 2.15. The number of aliphatic hydroxyl groups excluding tert-OH is 1. The van der Waals surface area contributed by atoms with E-state index in [1.54, 1.807) is 0 Å². The van der Waals surface area contributed by atoms with E-state index in [0.717, 1.165) is 11.4 Å². The van der Waals surface area contributed by atoms with Crippen molar-refractivity contribution >= 4 is 28.7 Å². The van der Waals surface area contributed by atoms with E-state index in [2.05, 4.69) is 10.6 Å². The number of benzene rings is 1. The second-order valence-corrected chi connectivity index (χ2v) is 3.95. The van der Waals surface area contributed by atoms with Crippen LogP contribution in [0.25, 0.3) is 0 Å². The molecule has 3 N–H and O–H groups in total.